The number of benzene rings is 1. The van der Waals surface area contributed by atoms with Crippen molar-refractivity contribution >= 4 is 17.4 Å². The van der Waals surface area contributed by atoms with Gasteiger partial charge in [-0.1, -0.05) is 23.7 Å². The van der Waals surface area contributed by atoms with Gasteiger partial charge < -0.3 is 9.73 Å². The van der Waals surface area contributed by atoms with Gasteiger partial charge in [0.05, 0.1) is 6.54 Å². The molecule has 5 rings (SSSR count). The van der Waals surface area contributed by atoms with Crippen molar-refractivity contribution < 1.29 is 4.42 Å². The number of nitrogens with zero attached hydrogens (tertiary/aromatic N) is 4. The standard InChI is InChI=1S/C20H20ClN5O/c21-14-5-3-4-13(10-14)18-23-16-7-2-1-6-15(16)19(24-18)22-11-17-25-26-20(27-17)12-8-9-12/h3-5,10,12H,1-2,6-9,11H2,(H,22,23,24). The molecule has 2 aliphatic rings. The first-order valence-electron chi connectivity index (χ1n) is 9.48. The molecule has 0 radical (unpaired) electrons. The van der Waals surface area contributed by atoms with Crippen LogP contribution in [0.15, 0.2) is 28.7 Å². The summed E-state index contributed by atoms with van der Waals surface area (Å²) < 4.78 is 5.76. The maximum Gasteiger partial charge on any atom is 0.235 e. The molecule has 1 N–H and O–H groups in total. The van der Waals surface area contributed by atoms with Crippen LogP contribution in [0.2, 0.25) is 5.02 Å². The van der Waals surface area contributed by atoms with Gasteiger partial charge in [0.1, 0.15) is 5.82 Å². The molecule has 1 saturated carbocycles. The third-order valence-electron chi connectivity index (χ3n) is 5.08. The molecule has 1 fully saturated rings. The highest BCUT2D eigenvalue weighted by Crippen LogP contribution is 2.39. The van der Waals surface area contributed by atoms with Crippen molar-refractivity contribution in [3.8, 4) is 11.4 Å². The molecule has 0 atom stereocenters. The molecule has 2 aromatic heterocycles. The minimum absolute atomic E-state index is 0.465. The lowest BCUT2D eigenvalue weighted by molar-refractivity contribution is 0.456. The molecule has 0 amide bonds. The van der Waals surface area contributed by atoms with Crippen LogP contribution in [-0.2, 0) is 19.4 Å². The molecule has 138 valence electrons. The van der Waals surface area contributed by atoms with Gasteiger partial charge in [0, 0.05) is 27.8 Å². The highest BCUT2D eigenvalue weighted by molar-refractivity contribution is 6.30. The number of hydrogen-bond donors (Lipinski definition) is 1. The second-order valence-corrected chi connectivity index (χ2v) is 7.64. The van der Waals surface area contributed by atoms with E-state index in [-0.39, 0.29) is 0 Å². The summed E-state index contributed by atoms with van der Waals surface area (Å²) in [5.41, 5.74) is 3.25. The van der Waals surface area contributed by atoms with Crippen LogP contribution in [0.25, 0.3) is 11.4 Å². The van der Waals surface area contributed by atoms with Crippen molar-refractivity contribution in [2.45, 2.75) is 51.0 Å². The summed E-state index contributed by atoms with van der Waals surface area (Å²) >= 11 is 6.15. The van der Waals surface area contributed by atoms with Gasteiger partial charge in [0.15, 0.2) is 5.82 Å². The molecular weight excluding hydrogens is 362 g/mol. The monoisotopic (exact) mass is 381 g/mol. The lowest BCUT2D eigenvalue weighted by Gasteiger charge is -2.19. The molecule has 2 heterocycles. The third kappa shape index (κ3) is 3.54. The molecule has 0 bridgehead atoms. The zero-order valence-electron chi connectivity index (χ0n) is 14.9. The van der Waals surface area contributed by atoms with Gasteiger partial charge in [-0.15, -0.1) is 10.2 Å². The Kier molecular flexibility index (Phi) is 4.28. The van der Waals surface area contributed by atoms with E-state index in [1.54, 1.807) is 0 Å². The van der Waals surface area contributed by atoms with Gasteiger partial charge in [-0.05, 0) is 50.7 Å². The summed E-state index contributed by atoms with van der Waals surface area (Å²) in [6.45, 7) is 0.470. The molecule has 0 spiro atoms. The molecule has 1 aromatic carbocycles. The van der Waals surface area contributed by atoms with Gasteiger partial charge in [0.25, 0.3) is 0 Å². The van der Waals surface area contributed by atoms with Gasteiger partial charge in [0.2, 0.25) is 11.8 Å². The molecule has 0 saturated heterocycles. The van der Waals surface area contributed by atoms with E-state index >= 15 is 0 Å². The lowest BCUT2D eigenvalue weighted by Crippen LogP contribution is -2.13. The Morgan fingerprint density at radius 2 is 2.00 bits per heavy atom. The number of fused-ring (bicyclic) bond motifs is 1. The predicted molar refractivity (Wildman–Crippen MR) is 103 cm³/mol. The average Bonchev–Trinajstić information content (AvgIpc) is 3.44. The van der Waals surface area contributed by atoms with Crippen LogP contribution >= 0.6 is 11.6 Å². The molecule has 2 aliphatic carbocycles. The largest absolute Gasteiger partial charge is 0.423 e. The Bertz CT molecular complexity index is 982. The Morgan fingerprint density at radius 1 is 1.11 bits per heavy atom. The predicted octanol–water partition coefficient (Wildman–Crippen LogP) is 4.55. The molecule has 6 nitrogen and oxygen atoms in total. The van der Waals surface area contributed by atoms with E-state index in [0.717, 1.165) is 61.5 Å². The Morgan fingerprint density at radius 3 is 2.85 bits per heavy atom. The summed E-state index contributed by atoms with van der Waals surface area (Å²) in [7, 11) is 0. The molecule has 27 heavy (non-hydrogen) atoms. The molecule has 0 unspecified atom stereocenters. The maximum atomic E-state index is 6.15. The van der Waals surface area contributed by atoms with E-state index in [0.29, 0.717) is 29.2 Å². The highest BCUT2D eigenvalue weighted by Gasteiger charge is 2.29. The van der Waals surface area contributed by atoms with E-state index in [1.807, 2.05) is 24.3 Å². The van der Waals surface area contributed by atoms with Crippen molar-refractivity contribution in [3.05, 3.63) is 52.3 Å². The van der Waals surface area contributed by atoms with Gasteiger partial charge in [-0.25, -0.2) is 9.97 Å². The number of nitrogens with one attached hydrogen (secondary N) is 1. The fourth-order valence-corrected chi connectivity index (χ4v) is 3.68. The number of aryl methyl sites for hydroxylation is 1. The number of halogens is 1. The lowest BCUT2D eigenvalue weighted by atomic mass is 9.96. The SMILES string of the molecule is Clc1cccc(-c2nc3c(c(NCc4nnc(C5CC5)o4)n2)CCCC3)c1. The van der Waals surface area contributed by atoms with E-state index in [4.69, 9.17) is 26.0 Å². The first-order valence-corrected chi connectivity index (χ1v) is 9.86. The van der Waals surface area contributed by atoms with Crippen molar-refractivity contribution in [2.75, 3.05) is 5.32 Å². The zero-order valence-corrected chi connectivity index (χ0v) is 15.7. The molecular formula is C20H20ClN5O. The molecule has 7 heteroatoms. The van der Waals surface area contributed by atoms with E-state index in [1.165, 1.54) is 5.56 Å². The van der Waals surface area contributed by atoms with Crippen molar-refractivity contribution in [2.24, 2.45) is 0 Å². The molecule has 3 aromatic rings. The Hall–Kier alpha value is -2.47. The van der Waals surface area contributed by atoms with Crippen LogP contribution < -0.4 is 5.32 Å². The number of anilines is 1. The van der Waals surface area contributed by atoms with Crippen LogP contribution in [0.5, 0.6) is 0 Å². The van der Waals surface area contributed by atoms with Crippen molar-refractivity contribution in [1.82, 2.24) is 20.2 Å². The number of rotatable bonds is 5. The fraction of sp³-hybridized carbons (Fsp3) is 0.400. The topological polar surface area (TPSA) is 76.7 Å². The maximum absolute atomic E-state index is 6.15. The normalized spacial score (nSPS) is 16.2. The second-order valence-electron chi connectivity index (χ2n) is 7.20. The van der Waals surface area contributed by atoms with Crippen molar-refractivity contribution in [1.29, 1.82) is 0 Å². The third-order valence-corrected chi connectivity index (χ3v) is 5.32. The number of hydrogen-bond acceptors (Lipinski definition) is 6. The first kappa shape index (κ1) is 16.7. The van der Waals surface area contributed by atoms with Crippen molar-refractivity contribution in [3.63, 3.8) is 0 Å². The Labute approximate surface area is 162 Å². The molecule has 0 aliphatic heterocycles. The van der Waals surface area contributed by atoms with Crippen LogP contribution in [0.4, 0.5) is 5.82 Å². The summed E-state index contributed by atoms with van der Waals surface area (Å²) in [5, 5.41) is 12.4. The van der Waals surface area contributed by atoms with Crippen LogP contribution in [0.3, 0.4) is 0 Å². The summed E-state index contributed by atoms with van der Waals surface area (Å²) in [4.78, 5) is 9.61. The fourth-order valence-electron chi connectivity index (χ4n) is 3.49. The van der Waals surface area contributed by atoms with Gasteiger partial charge >= 0.3 is 0 Å². The van der Waals surface area contributed by atoms with E-state index in [9.17, 15) is 0 Å². The zero-order chi connectivity index (χ0) is 18.2. The first-order chi connectivity index (χ1) is 13.3. The second kappa shape index (κ2) is 6.93. The number of aromatic nitrogens is 4. The minimum Gasteiger partial charge on any atom is -0.423 e. The minimum atomic E-state index is 0.465. The highest BCUT2D eigenvalue weighted by atomic mass is 35.5. The summed E-state index contributed by atoms with van der Waals surface area (Å²) in [6, 6.07) is 7.66. The van der Waals surface area contributed by atoms with E-state index in [2.05, 4.69) is 15.5 Å². The van der Waals surface area contributed by atoms with Crippen LogP contribution in [-0.4, -0.2) is 20.2 Å². The summed E-state index contributed by atoms with van der Waals surface area (Å²) in [6.07, 6.45) is 6.59. The summed E-state index contributed by atoms with van der Waals surface area (Å²) in [5.74, 6) is 3.39. The van der Waals surface area contributed by atoms with E-state index < -0.39 is 0 Å². The van der Waals surface area contributed by atoms with Gasteiger partial charge in [-0.2, -0.15) is 0 Å². The van der Waals surface area contributed by atoms with Gasteiger partial charge in [-0.3, -0.25) is 0 Å². The average molecular weight is 382 g/mol. The quantitative estimate of drug-likeness (QED) is 0.698. The van der Waals surface area contributed by atoms with Crippen LogP contribution in [0.1, 0.15) is 54.6 Å². The van der Waals surface area contributed by atoms with Crippen LogP contribution in [0, 0.1) is 0 Å². The Balaban J connectivity index is 1.44. The smallest absolute Gasteiger partial charge is 0.235 e.